The molecule has 0 bridgehead atoms. The summed E-state index contributed by atoms with van der Waals surface area (Å²) >= 11 is 8.36. The van der Waals surface area contributed by atoms with E-state index in [0.717, 1.165) is 18.2 Å². The summed E-state index contributed by atoms with van der Waals surface area (Å²) in [4.78, 5) is -0.993. The molecule has 1 aromatic carbocycles. The van der Waals surface area contributed by atoms with E-state index < -0.39 is 37.8 Å². The molecule has 0 aromatic heterocycles. The molecular weight excluding hydrogens is 283 g/mol. The summed E-state index contributed by atoms with van der Waals surface area (Å²) in [5.74, 6) is -2.71. The number of benzene rings is 1. The fourth-order valence-electron chi connectivity index (χ4n) is 0.928. The van der Waals surface area contributed by atoms with Crippen LogP contribution in [-0.2, 0) is 0 Å². The molecule has 2 nitrogen and oxygen atoms in total. The number of rotatable bonds is 1. The second kappa shape index (κ2) is 5.32. The highest BCUT2D eigenvalue weighted by atomic mass is 32.1. The van der Waals surface area contributed by atoms with E-state index in [9.17, 15) is 22.2 Å². The average molecular weight is 286 g/mol. The SMILES string of the molecule is Fc1cccc(C(=S)N(F)C(=S)N(F)F)c1F. The van der Waals surface area contributed by atoms with Crippen molar-refractivity contribution in [1.29, 1.82) is 0 Å². The van der Waals surface area contributed by atoms with Crippen LogP contribution in [-0.4, -0.2) is 20.6 Å². The first-order valence-corrected chi connectivity index (χ1v) is 4.77. The molecule has 0 fully saturated rings. The highest BCUT2D eigenvalue weighted by molar-refractivity contribution is 7.82. The van der Waals surface area contributed by atoms with E-state index in [1.807, 2.05) is 0 Å². The molecule has 0 unspecified atom stereocenters. The highest BCUT2D eigenvalue weighted by Crippen LogP contribution is 2.16. The van der Waals surface area contributed by atoms with Gasteiger partial charge in [-0.05, 0) is 29.7 Å². The molecule has 0 atom stereocenters. The van der Waals surface area contributed by atoms with Crippen molar-refractivity contribution in [2.75, 3.05) is 0 Å². The van der Waals surface area contributed by atoms with Crippen molar-refractivity contribution in [2.24, 2.45) is 0 Å². The summed E-state index contributed by atoms with van der Waals surface area (Å²) in [6, 6.07) is 2.77. The first-order chi connectivity index (χ1) is 7.86. The second-order valence-electron chi connectivity index (χ2n) is 2.70. The molecule has 0 aliphatic rings. The Morgan fingerprint density at radius 3 is 2.18 bits per heavy atom. The van der Waals surface area contributed by atoms with E-state index in [1.54, 1.807) is 0 Å². The Kier molecular flexibility index (Phi) is 4.29. The van der Waals surface area contributed by atoms with Crippen molar-refractivity contribution in [3.63, 3.8) is 0 Å². The second-order valence-corrected chi connectivity index (χ2v) is 3.45. The zero-order valence-electron chi connectivity index (χ0n) is 7.83. The third-order valence-corrected chi connectivity index (χ3v) is 2.35. The largest absolute Gasteiger partial charge is 0.269 e. The zero-order chi connectivity index (χ0) is 13.2. The summed E-state index contributed by atoms with van der Waals surface area (Å²) in [7, 11) is 0. The number of halogens is 5. The minimum Gasteiger partial charge on any atom is -0.204 e. The molecule has 0 saturated heterocycles. The Morgan fingerprint density at radius 1 is 1.06 bits per heavy atom. The summed E-state index contributed by atoms with van der Waals surface area (Å²) in [6.45, 7) is 0. The fraction of sp³-hybridized carbons (Fsp3) is 0. The van der Waals surface area contributed by atoms with Crippen molar-refractivity contribution in [1.82, 2.24) is 10.5 Å². The van der Waals surface area contributed by atoms with Gasteiger partial charge in [-0.2, -0.15) is 0 Å². The van der Waals surface area contributed by atoms with E-state index in [0.29, 0.717) is 0 Å². The molecule has 0 amide bonds. The smallest absolute Gasteiger partial charge is 0.204 e. The summed E-state index contributed by atoms with van der Waals surface area (Å²) in [6.07, 6.45) is 0. The van der Waals surface area contributed by atoms with Crippen LogP contribution in [0, 0.1) is 11.6 Å². The van der Waals surface area contributed by atoms with Gasteiger partial charge in [-0.15, -0.1) is 5.12 Å². The molecule has 0 spiro atoms. The van der Waals surface area contributed by atoms with Crippen LogP contribution in [0.5, 0.6) is 0 Å². The average Bonchev–Trinajstić information content (AvgIpc) is 2.29. The Labute approximate surface area is 103 Å². The van der Waals surface area contributed by atoms with Crippen molar-refractivity contribution < 1.29 is 22.2 Å². The standard InChI is InChI=1S/C8H3F5N2S2/c9-5-3-1-2-4(6(5)10)7(16)14(11)8(17)15(12)13/h1-3H. The maximum absolute atomic E-state index is 13.2. The molecule has 0 saturated carbocycles. The van der Waals surface area contributed by atoms with Crippen molar-refractivity contribution in [3.8, 4) is 0 Å². The lowest BCUT2D eigenvalue weighted by Gasteiger charge is -2.15. The number of nitrogens with zero attached hydrogens (tertiary/aromatic N) is 2. The normalized spacial score (nSPS) is 9.94. The molecule has 1 aromatic rings. The first kappa shape index (κ1) is 13.7. The van der Waals surface area contributed by atoms with Gasteiger partial charge in [-0.3, -0.25) is 0 Å². The quantitative estimate of drug-likeness (QED) is 0.444. The van der Waals surface area contributed by atoms with Crippen molar-refractivity contribution in [2.45, 2.75) is 0 Å². The maximum Gasteiger partial charge on any atom is 0.269 e. The lowest BCUT2D eigenvalue weighted by atomic mass is 10.2. The summed E-state index contributed by atoms with van der Waals surface area (Å²) < 4.78 is 63.0. The summed E-state index contributed by atoms with van der Waals surface area (Å²) in [5, 5.41) is -4.07. The van der Waals surface area contributed by atoms with Crippen LogP contribution in [0.3, 0.4) is 0 Å². The van der Waals surface area contributed by atoms with E-state index in [1.165, 1.54) is 0 Å². The Balaban J connectivity index is 3.05. The molecule has 17 heavy (non-hydrogen) atoms. The third-order valence-electron chi connectivity index (χ3n) is 1.67. The van der Waals surface area contributed by atoms with Gasteiger partial charge in [0.25, 0.3) is 5.11 Å². The minimum absolute atomic E-state index is 0.674. The molecule has 0 aliphatic carbocycles. The van der Waals surface area contributed by atoms with Crippen LogP contribution in [0.2, 0.25) is 0 Å². The first-order valence-electron chi connectivity index (χ1n) is 3.96. The Bertz CT molecular complexity index is 465. The molecule has 0 N–H and O–H groups in total. The third kappa shape index (κ3) is 2.86. The molecular formula is C8H3F5N2S2. The maximum atomic E-state index is 13.2. The van der Waals surface area contributed by atoms with E-state index in [4.69, 9.17) is 0 Å². The Hall–Kier alpha value is -1.35. The lowest BCUT2D eigenvalue weighted by Crippen LogP contribution is -2.34. The van der Waals surface area contributed by atoms with Gasteiger partial charge in [-0.25, -0.2) is 8.78 Å². The Morgan fingerprint density at radius 2 is 1.65 bits per heavy atom. The number of hydrogen-bond donors (Lipinski definition) is 0. The number of hydrogen-bond acceptors (Lipinski definition) is 2. The van der Waals surface area contributed by atoms with E-state index >= 15 is 0 Å². The predicted octanol–water partition coefficient (Wildman–Crippen LogP) is 3.18. The van der Waals surface area contributed by atoms with Gasteiger partial charge >= 0.3 is 0 Å². The van der Waals surface area contributed by atoms with Gasteiger partial charge in [0, 0.05) is 0 Å². The van der Waals surface area contributed by atoms with Gasteiger partial charge in [0.05, 0.1) is 5.56 Å². The lowest BCUT2D eigenvalue weighted by molar-refractivity contribution is -0.0879. The molecule has 92 valence electrons. The van der Waals surface area contributed by atoms with Crippen LogP contribution in [0.1, 0.15) is 5.56 Å². The fourth-order valence-corrected chi connectivity index (χ4v) is 1.32. The molecule has 0 aliphatic heterocycles. The van der Waals surface area contributed by atoms with Gasteiger partial charge < -0.3 is 0 Å². The van der Waals surface area contributed by atoms with Gasteiger partial charge in [0.1, 0.15) is 0 Å². The number of thiocarbonyl (C=S) groups is 2. The molecule has 9 heteroatoms. The van der Waals surface area contributed by atoms with Crippen LogP contribution in [0.4, 0.5) is 22.2 Å². The van der Waals surface area contributed by atoms with Crippen LogP contribution >= 0.6 is 24.4 Å². The van der Waals surface area contributed by atoms with Crippen LogP contribution in [0.15, 0.2) is 18.2 Å². The van der Waals surface area contributed by atoms with Gasteiger partial charge in [0.15, 0.2) is 16.6 Å². The topological polar surface area (TPSA) is 6.48 Å². The van der Waals surface area contributed by atoms with Crippen molar-refractivity contribution >= 4 is 34.5 Å². The van der Waals surface area contributed by atoms with Crippen LogP contribution in [0.25, 0.3) is 0 Å². The monoisotopic (exact) mass is 286 g/mol. The molecule has 1 rings (SSSR count). The van der Waals surface area contributed by atoms with E-state index in [2.05, 4.69) is 24.4 Å². The molecule has 0 radical (unpaired) electrons. The highest BCUT2D eigenvalue weighted by Gasteiger charge is 2.24. The molecule has 0 heterocycles. The summed E-state index contributed by atoms with van der Waals surface area (Å²) in [5.41, 5.74) is -0.674. The zero-order valence-corrected chi connectivity index (χ0v) is 9.47. The van der Waals surface area contributed by atoms with Crippen molar-refractivity contribution in [3.05, 3.63) is 35.4 Å². The van der Waals surface area contributed by atoms with Gasteiger partial charge in [0.2, 0.25) is 0 Å². The van der Waals surface area contributed by atoms with Crippen LogP contribution < -0.4 is 0 Å². The van der Waals surface area contributed by atoms with E-state index in [-0.39, 0.29) is 0 Å². The predicted molar refractivity (Wildman–Crippen MR) is 57.7 cm³/mol. The minimum atomic E-state index is -1.71. The van der Waals surface area contributed by atoms with Gasteiger partial charge in [-0.1, -0.05) is 31.7 Å².